The molecule has 8 nitrogen and oxygen atoms in total. The van der Waals surface area contributed by atoms with Crippen LogP contribution in [0.15, 0.2) is 59.7 Å². The number of carbonyl (C=O) groups is 2. The van der Waals surface area contributed by atoms with E-state index in [9.17, 15) is 19.7 Å². The molecule has 0 aliphatic carbocycles. The molecule has 0 heterocycles. The van der Waals surface area contributed by atoms with E-state index in [1.807, 2.05) is 35.8 Å². The zero-order valence-electron chi connectivity index (χ0n) is 13.4. The summed E-state index contributed by atoms with van der Waals surface area (Å²) >= 11 is 0. The fraction of sp³-hybridized carbons (Fsp3) is 0.118. The number of para-hydroxylation sites is 1. The lowest BCUT2D eigenvalue weighted by molar-refractivity contribution is -0.385. The minimum absolute atomic E-state index is 0.150. The lowest BCUT2D eigenvalue weighted by Gasteiger charge is -2.13. The standard InChI is InChI=1S/C17H16N4O4/c1-12(13-7-3-2-4-8-13)19-16(22)17(23)20-18-11-14-9-5-6-10-15(14)21(24)25/h2-12H,1H3,(H,19,22)(H,20,23)/b18-11-/t12-/m1/s1. The van der Waals surface area contributed by atoms with Crippen molar-refractivity contribution in [1.82, 2.24) is 10.7 Å². The summed E-state index contributed by atoms with van der Waals surface area (Å²) in [5.41, 5.74) is 2.97. The topological polar surface area (TPSA) is 114 Å². The summed E-state index contributed by atoms with van der Waals surface area (Å²) in [5, 5.41) is 17.0. The molecule has 0 unspecified atom stereocenters. The summed E-state index contributed by atoms with van der Waals surface area (Å²) < 4.78 is 0. The third kappa shape index (κ3) is 4.96. The van der Waals surface area contributed by atoms with Gasteiger partial charge in [0.15, 0.2) is 0 Å². The van der Waals surface area contributed by atoms with Gasteiger partial charge in [-0.2, -0.15) is 5.10 Å². The van der Waals surface area contributed by atoms with E-state index >= 15 is 0 Å². The molecular weight excluding hydrogens is 324 g/mol. The first-order valence-corrected chi connectivity index (χ1v) is 7.41. The van der Waals surface area contributed by atoms with Gasteiger partial charge in [0.2, 0.25) is 0 Å². The van der Waals surface area contributed by atoms with Gasteiger partial charge in [0.1, 0.15) is 0 Å². The highest BCUT2D eigenvalue weighted by atomic mass is 16.6. The average Bonchev–Trinajstić information content (AvgIpc) is 2.62. The van der Waals surface area contributed by atoms with Crippen molar-refractivity contribution in [3.05, 3.63) is 75.8 Å². The Morgan fingerprint density at radius 2 is 1.72 bits per heavy atom. The van der Waals surface area contributed by atoms with Crippen molar-refractivity contribution in [3.63, 3.8) is 0 Å². The van der Waals surface area contributed by atoms with Gasteiger partial charge in [-0.15, -0.1) is 0 Å². The van der Waals surface area contributed by atoms with Gasteiger partial charge in [0.25, 0.3) is 5.69 Å². The van der Waals surface area contributed by atoms with Gasteiger partial charge in [-0.05, 0) is 18.6 Å². The number of hydrogen-bond acceptors (Lipinski definition) is 5. The second-order valence-corrected chi connectivity index (χ2v) is 5.12. The van der Waals surface area contributed by atoms with Crippen LogP contribution in [0.3, 0.4) is 0 Å². The molecule has 0 radical (unpaired) electrons. The van der Waals surface area contributed by atoms with Gasteiger partial charge in [0, 0.05) is 6.07 Å². The Kier molecular flexibility index (Phi) is 5.94. The number of nitro benzene ring substituents is 1. The van der Waals surface area contributed by atoms with E-state index in [-0.39, 0.29) is 17.3 Å². The van der Waals surface area contributed by atoms with Gasteiger partial charge in [-0.25, -0.2) is 5.43 Å². The lowest BCUT2D eigenvalue weighted by atomic mass is 10.1. The van der Waals surface area contributed by atoms with Crippen LogP contribution in [0.1, 0.15) is 24.1 Å². The van der Waals surface area contributed by atoms with Crippen molar-refractivity contribution >= 4 is 23.7 Å². The van der Waals surface area contributed by atoms with E-state index < -0.39 is 16.7 Å². The molecule has 8 heteroatoms. The molecule has 25 heavy (non-hydrogen) atoms. The summed E-state index contributed by atoms with van der Waals surface area (Å²) in [4.78, 5) is 33.9. The minimum atomic E-state index is -0.961. The Morgan fingerprint density at radius 3 is 2.40 bits per heavy atom. The summed E-state index contributed by atoms with van der Waals surface area (Å²) in [6.07, 6.45) is 1.12. The second kappa shape index (κ2) is 8.34. The summed E-state index contributed by atoms with van der Waals surface area (Å²) in [5.74, 6) is -1.81. The molecule has 0 aliphatic heterocycles. The minimum Gasteiger partial charge on any atom is -0.341 e. The maximum atomic E-state index is 11.8. The molecule has 0 aromatic heterocycles. The highest BCUT2D eigenvalue weighted by molar-refractivity contribution is 6.35. The highest BCUT2D eigenvalue weighted by Gasteiger charge is 2.16. The Labute approximate surface area is 143 Å². The van der Waals surface area contributed by atoms with E-state index in [1.165, 1.54) is 18.2 Å². The Bertz CT molecular complexity index is 805. The normalized spacial score (nSPS) is 11.7. The maximum absolute atomic E-state index is 11.8. The smallest absolute Gasteiger partial charge is 0.329 e. The van der Waals surface area contributed by atoms with Crippen molar-refractivity contribution in [3.8, 4) is 0 Å². The van der Waals surface area contributed by atoms with Crippen molar-refractivity contribution < 1.29 is 14.5 Å². The van der Waals surface area contributed by atoms with E-state index in [0.29, 0.717) is 0 Å². The van der Waals surface area contributed by atoms with Gasteiger partial charge < -0.3 is 5.32 Å². The van der Waals surface area contributed by atoms with Gasteiger partial charge in [-0.1, -0.05) is 42.5 Å². The molecule has 2 aromatic rings. The molecule has 0 aliphatic rings. The number of benzene rings is 2. The first-order valence-electron chi connectivity index (χ1n) is 7.41. The van der Waals surface area contributed by atoms with Gasteiger partial charge >= 0.3 is 11.8 Å². The third-order valence-electron chi connectivity index (χ3n) is 3.36. The first-order chi connectivity index (χ1) is 12.0. The molecule has 2 aromatic carbocycles. The quantitative estimate of drug-likeness (QED) is 0.374. The molecule has 128 valence electrons. The number of nitrogens with one attached hydrogen (secondary N) is 2. The van der Waals surface area contributed by atoms with Crippen LogP contribution in [-0.2, 0) is 9.59 Å². The van der Waals surface area contributed by atoms with Crippen molar-refractivity contribution in [1.29, 1.82) is 0 Å². The van der Waals surface area contributed by atoms with Crippen LogP contribution in [-0.4, -0.2) is 23.0 Å². The molecule has 0 saturated carbocycles. The average molecular weight is 340 g/mol. The van der Waals surface area contributed by atoms with Crippen LogP contribution in [0.5, 0.6) is 0 Å². The van der Waals surface area contributed by atoms with E-state index in [1.54, 1.807) is 13.0 Å². The van der Waals surface area contributed by atoms with Gasteiger partial charge in [-0.3, -0.25) is 19.7 Å². The third-order valence-corrected chi connectivity index (χ3v) is 3.36. The number of hydrazone groups is 1. The van der Waals surface area contributed by atoms with Crippen LogP contribution < -0.4 is 10.7 Å². The Morgan fingerprint density at radius 1 is 1.08 bits per heavy atom. The van der Waals surface area contributed by atoms with Gasteiger partial charge in [0.05, 0.1) is 22.7 Å². The Hall–Kier alpha value is -3.55. The fourth-order valence-corrected chi connectivity index (χ4v) is 2.06. The number of nitro groups is 1. The van der Waals surface area contributed by atoms with Crippen molar-refractivity contribution in [2.75, 3.05) is 0 Å². The fourth-order valence-electron chi connectivity index (χ4n) is 2.06. The molecule has 0 bridgehead atoms. The predicted molar refractivity (Wildman–Crippen MR) is 91.8 cm³/mol. The van der Waals surface area contributed by atoms with E-state index in [0.717, 1.165) is 11.8 Å². The molecule has 0 fully saturated rings. The summed E-state index contributed by atoms with van der Waals surface area (Å²) in [6.45, 7) is 1.75. The number of amides is 2. The molecule has 1 atom stereocenters. The van der Waals surface area contributed by atoms with Crippen LogP contribution in [0.2, 0.25) is 0 Å². The predicted octanol–water partition coefficient (Wildman–Crippen LogP) is 1.92. The number of rotatable bonds is 5. The Balaban J connectivity index is 1.94. The molecule has 2 rings (SSSR count). The zero-order valence-corrected chi connectivity index (χ0v) is 13.4. The summed E-state index contributed by atoms with van der Waals surface area (Å²) in [7, 11) is 0. The number of hydrogen-bond donors (Lipinski definition) is 2. The SMILES string of the molecule is C[C@@H](NC(=O)C(=O)N/N=C\c1ccccc1[N+](=O)[O-])c1ccccc1. The number of carbonyl (C=O) groups excluding carboxylic acids is 2. The van der Waals surface area contributed by atoms with Crippen molar-refractivity contribution in [2.24, 2.45) is 5.10 Å². The van der Waals surface area contributed by atoms with Crippen LogP contribution in [0.4, 0.5) is 5.69 Å². The molecule has 2 N–H and O–H groups in total. The molecule has 0 spiro atoms. The van der Waals surface area contributed by atoms with Crippen molar-refractivity contribution in [2.45, 2.75) is 13.0 Å². The van der Waals surface area contributed by atoms with E-state index in [4.69, 9.17) is 0 Å². The van der Waals surface area contributed by atoms with Crippen LogP contribution in [0.25, 0.3) is 0 Å². The summed E-state index contributed by atoms with van der Waals surface area (Å²) in [6, 6.07) is 14.7. The molecular formula is C17H16N4O4. The second-order valence-electron chi connectivity index (χ2n) is 5.12. The molecule has 0 saturated heterocycles. The monoisotopic (exact) mass is 340 g/mol. The first kappa shape index (κ1) is 17.8. The van der Waals surface area contributed by atoms with E-state index in [2.05, 4.69) is 10.4 Å². The molecule has 2 amide bonds. The maximum Gasteiger partial charge on any atom is 0.329 e. The van der Waals surface area contributed by atoms with Crippen LogP contribution >= 0.6 is 0 Å². The highest BCUT2D eigenvalue weighted by Crippen LogP contribution is 2.15. The van der Waals surface area contributed by atoms with Crippen LogP contribution in [0, 0.1) is 10.1 Å². The lowest BCUT2D eigenvalue weighted by Crippen LogP contribution is -2.39. The largest absolute Gasteiger partial charge is 0.341 e. The number of nitrogens with zero attached hydrogens (tertiary/aromatic N) is 2. The zero-order chi connectivity index (χ0) is 18.2.